The summed E-state index contributed by atoms with van der Waals surface area (Å²) >= 11 is 0. The predicted molar refractivity (Wildman–Crippen MR) is 59.8 cm³/mol. The smallest absolute Gasteiger partial charge is 0.165 e. The first-order valence-electron chi connectivity index (χ1n) is 5.85. The molecule has 0 spiro atoms. The van der Waals surface area contributed by atoms with Crippen LogP contribution in [-0.2, 0) is 6.61 Å². The van der Waals surface area contributed by atoms with Gasteiger partial charge in [0.1, 0.15) is 0 Å². The summed E-state index contributed by atoms with van der Waals surface area (Å²) in [6.07, 6.45) is 5.78. The summed E-state index contributed by atoms with van der Waals surface area (Å²) in [5, 5.41) is 8.87. The van der Waals surface area contributed by atoms with E-state index in [2.05, 4.69) is 0 Å². The van der Waals surface area contributed by atoms with Crippen molar-refractivity contribution in [3.05, 3.63) is 29.6 Å². The molecule has 1 saturated carbocycles. The van der Waals surface area contributed by atoms with Crippen LogP contribution in [0.3, 0.4) is 0 Å². The zero-order valence-corrected chi connectivity index (χ0v) is 9.29. The van der Waals surface area contributed by atoms with Gasteiger partial charge in [-0.25, -0.2) is 4.39 Å². The summed E-state index contributed by atoms with van der Waals surface area (Å²) in [6, 6.07) is 4.63. The van der Waals surface area contributed by atoms with Crippen molar-refractivity contribution in [1.29, 1.82) is 0 Å². The van der Waals surface area contributed by atoms with Crippen molar-refractivity contribution >= 4 is 0 Å². The maximum Gasteiger partial charge on any atom is 0.165 e. The molecule has 0 unspecified atom stereocenters. The van der Waals surface area contributed by atoms with Crippen LogP contribution in [0.2, 0.25) is 0 Å². The highest BCUT2D eigenvalue weighted by Crippen LogP contribution is 2.25. The third-order valence-electron chi connectivity index (χ3n) is 3.02. The molecule has 1 N–H and O–H groups in total. The molecule has 0 atom stereocenters. The van der Waals surface area contributed by atoms with E-state index >= 15 is 0 Å². The fourth-order valence-electron chi connectivity index (χ4n) is 2.10. The molecule has 3 heteroatoms. The van der Waals surface area contributed by atoms with Crippen LogP contribution in [0.5, 0.6) is 5.75 Å². The van der Waals surface area contributed by atoms with Gasteiger partial charge >= 0.3 is 0 Å². The molecule has 88 valence electrons. The van der Waals surface area contributed by atoms with Crippen LogP contribution >= 0.6 is 0 Å². The molecular weight excluding hydrogens is 207 g/mol. The van der Waals surface area contributed by atoms with Gasteiger partial charge in [0.25, 0.3) is 0 Å². The van der Waals surface area contributed by atoms with Crippen molar-refractivity contribution in [3.63, 3.8) is 0 Å². The molecule has 0 aromatic heterocycles. The molecule has 16 heavy (non-hydrogen) atoms. The number of ether oxygens (including phenoxy) is 1. The molecule has 2 nitrogen and oxygen atoms in total. The Morgan fingerprint density at radius 1 is 1.25 bits per heavy atom. The summed E-state index contributed by atoms with van der Waals surface area (Å²) in [5.41, 5.74) is 0.577. The van der Waals surface area contributed by atoms with Gasteiger partial charge in [-0.3, -0.25) is 0 Å². The molecule has 1 aromatic carbocycles. The lowest BCUT2D eigenvalue weighted by molar-refractivity contribution is 0.148. The molecule has 0 amide bonds. The number of aliphatic hydroxyl groups excluding tert-OH is 1. The summed E-state index contributed by atoms with van der Waals surface area (Å²) < 4.78 is 19.2. The normalized spacial score (nSPS) is 17.4. The van der Waals surface area contributed by atoms with E-state index in [1.165, 1.54) is 25.3 Å². The number of halogens is 1. The van der Waals surface area contributed by atoms with Gasteiger partial charge in [0.15, 0.2) is 11.6 Å². The first-order chi connectivity index (χ1) is 7.79. The van der Waals surface area contributed by atoms with E-state index < -0.39 is 0 Å². The Labute approximate surface area is 95.1 Å². The third kappa shape index (κ3) is 2.73. The minimum absolute atomic E-state index is 0.138. The average molecular weight is 224 g/mol. The molecule has 1 aliphatic carbocycles. The average Bonchev–Trinajstić information content (AvgIpc) is 2.33. The molecule has 0 radical (unpaired) electrons. The maximum absolute atomic E-state index is 13.6. The van der Waals surface area contributed by atoms with Gasteiger partial charge in [0.05, 0.1) is 12.7 Å². The van der Waals surface area contributed by atoms with E-state index in [4.69, 9.17) is 9.84 Å². The van der Waals surface area contributed by atoms with E-state index in [1.807, 2.05) is 0 Å². The summed E-state index contributed by atoms with van der Waals surface area (Å²) in [5.74, 6) is -0.0683. The largest absolute Gasteiger partial charge is 0.487 e. The Bertz CT molecular complexity index is 346. The molecular formula is C13H17FO2. The van der Waals surface area contributed by atoms with Gasteiger partial charge in [-0.15, -0.1) is 0 Å². The van der Waals surface area contributed by atoms with Gasteiger partial charge in [-0.05, 0) is 43.4 Å². The quantitative estimate of drug-likeness (QED) is 0.855. The zero-order valence-electron chi connectivity index (χ0n) is 9.29. The second-order valence-electron chi connectivity index (χ2n) is 4.30. The molecule has 1 aliphatic rings. The Morgan fingerprint density at radius 3 is 2.62 bits per heavy atom. The van der Waals surface area contributed by atoms with E-state index in [1.54, 1.807) is 12.1 Å². The lowest BCUT2D eigenvalue weighted by Gasteiger charge is -2.23. The van der Waals surface area contributed by atoms with Crippen molar-refractivity contribution in [2.24, 2.45) is 0 Å². The molecule has 1 aromatic rings. The fourth-order valence-corrected chi connectivity index (χ4v) is 2.10. The predicted octanol–water partition coefficient (Wildman–Crippen LogP) is 3.03. The SMILES string of the molecule is OCc1ccc(OC2CCCCC2)c(F)c1. The van der Waals surface area contributed by atoms with Gasteiger partial charge in [0.2, 0.25) is 0 Å². The molecule has 2 rings (SSSR count). The summed E-state index contributed by atoms with van der Waals surface area (Å²) in [7, 11) is 0. The van der Waals surface area contributed by atoms with Gasteiger partial charge < -0.3 is 9.84 Å². The van der Waals surface area contributed by atoms with Crippen molar-refractivity contribution in [1.82, 2.24) is 0 Å². The maximum atomic E-state index is 13.6. The molecule has 0 saturated heterocycles. The molecule has 1 fully saturated rings. The molecule has 0 bridgehead atoms. The number of hydrogen-bond acceptors (Lipinski definition) is 2. The Balaban J connectivity index is 2.03. The van der Waals surface area contributed by atoms with E-state index in [0.29, 0.717) is 11.3 Å². The van der Waals surface area contributed by atoms with Crippen molar-refractivity contribution < 1.29 is 14.2 Å². The molecule has 0 aliphatic heterocycles. The number of hydrogen-bond donors (Lipinski definition) is 1. The highest BCUT2D eigenvalue weighted by Gasteiger charge is 2.16. The zero-order chi connectivity index (χ0) is 11.4. The van der Waals surface area contributed by atoms with Gasteiger partial charge in [-0.2, -0.15) is 0 Å². The monoisotopic (exact) mass is 224 g/mol. The second-order valence-corrected chi connectivity index (χ2v) is 4.30. The van der Waals surface area contributed by atoms with Crippen LogP contribution in [0, 0.1) is 5.82 Å². The number of rotatable bonds is 3. The van der Waals surface area contributed by atoms with Crippen LogP contribution in [-0.4, -0.2) is 11.2 Å². The Kier molecular flexibility index (Phi) is 3.78. The van der Waals surface area contributed by atoms with E-state index in [9.17, 15) is 4.39 Å². The van der Waals surface area contributed by atoms with E-state index in [0.717, 1.165) is 12.8 Å². The van der Waals surface area contributed by atoms with Crippen molar-refractivity contribution in [2.75, 3.05) is 0 Å². The fraction of sp³-hybridized carbons (Fsp3) is 0.538. The lowest BCUT2D eigenvalue weighted by Crippen LogP contribution is -2.20. The van der Waals surface area contributed by atoms with Crippen molar-refractivity contribution in [2.45, 2.75) is 44.8 Å². The van der Waals surface area contributed by atoms with Crippen LogP contribution in [0.25, 0.3) is 0 Å². The van der Waals surface area contributed by atoms with Crippen LogP contribution in [0.1, 0.15) is 37.7 Å². The van der Waals surface area contributed by atoms with E-state index in [-0.39, 0.29) is 18.5 Å². The standard InChI is InChI=1S/C13H17FO2/c14-12-8-10(9-15)6-7-13(12)16-11-4-2-1-3-5-11/h6-8,11,15H,1-5,9H2. The summed E-state index contributed by atoms with van der Waals surface area (Å²) in [6.45, 7) is -0.138. The Hall–Kier alpha value is -1.09. The van der Waals surface area contributed by atoms with Crippen LogP contribution in [0.4, 0.5) is 4.39 Å². The second kappa shape index (κ2) is 5.30. The minimum atomic E-state index is -0.378. The number of aliphatic hydroxyl groups is 1. The van der Waals surface area contributed by atoms with Gasteiger partial charge in [-0.1, -0.05) is 12.5 Å². The first-order valence-corrected chi connectivity index (χ1v) is 5.85. The Morgan fingerprint density at radius 2 is 2.00 bits per heavy atom. The van der Waals surface area contributed by atoms with Gasteiger partial charge in [0, 0.05) is 0 Å². The topological polar surface area (TPSA) is 29.5 Å². The molecule has 0 heterocycles. The first kappa shape index (κ1) is 11.4. The minimum Gasteiger partial charge on any atom is -0.487 e. The summed E-state index contributed by atoms with van der Waals surface area (Å²) in [4.78, 5) is 0. The third-order valence-corrected chi connectivity index (χ3v) is 3.02. The van der Waals surface area contributed by atoms with Crippen LogP contribution in [0.15, 0.2) is 18.2 Å². The number of benzene rings is 1. The van der Waals surface area contributed by atoms with Crippen LogP contribution < -0.4 is 4.74 Å². The highest BCUT2D eigenvalue weighted by atomic mass is 19.1. The van der Waals surface area contributed by atoms with Crippen molar-refractivity contribution in [3.8, 4) is 5.75 Å². The lowest BCUT2D eigenvalue weighted by atomic mass is 9.98. The highest BCUT2D eigenvalue weighted by molar-refractivity contribution is 5.29.